The molecule has 8 nitrogen and oxygen atoms in total. The zero-order valence-corrected chi connectivity index (χ0v) is 15.7. The van der Waals surface area contributed by atoms with Gasteiger partial charge >= 0.3 is 0 Å². The number of nitrogens with two attached hydrogens (primary N) is 1. The molecule has 1 atom stereocenters. The van der Waals surface area contributed by atoms with Crippen LogP contribution in [0.25, 0.3) is 0 Å². The highest BCUT2D eigenvalue weighted by Gasteiger charge is 2.27. The summed E-state index contributed by atoms with van der Waals surface area (Å²) in [5.41, 5.74) is 7.24. The Morgan fingerprint density at radius 1 is 1.37 bits per heavy atom. The molecule has 0 spiro atoms. The maximum Gasteiger partial charge on any atom is 0.272 e. The molecule has 0 saturated heterocycles. The number of hydrogen-bond donors (Lipinski definition) is 2. The molecule has 0 aliphatic heterocycles. The number of nitro benzene ring substituents is 1. The van der Waals surface area contributed by atoms with Gasteiger partial charge in [0, 0.05) is 16.5 Å². The molecule has 142 valence electrons. The Balaban J connectivity index is 1.73. The van der Waals surface area contributed by atoms with E-state index in [0.717, 1.165) is 29.7 Å². The van der Waals surface area contributed by atoms with Crippen molar-refractivity contribution >= 4 is 33.8 Å². The summed E-state index contributed by atoms with van der Waals surface area (Å²) in [5.74, 6) is -0.623. The number of aryl methyl sites for hydroxylation is 2. The first kappa shape index (κ1) is 18.8. The average Bonchev–Trinajstić information content (AvgIpc) is 3.14. The van der Waals surface area contributed by atoms with Crippen LogP contribution < -0.4 is 15.8 Å². The van der Waals surface area contributed by atoms with E-state index < -0.39 is 22.8 Å². The molecule has 0 radical (unpaired) electrons. The number of rotatable bonds is 6. The highest BCUT2D eigenvalue weighted by atomic mass is 32.1. The number of benzene rings is 1. The van der Waals surface area contributed by atoms with E-state index in [-0.39, 0.29) is 5.69 Å². The summed E-state index contributed by atoms with van der Waals surface area (Å²) in [4.78, 5) is 35.8. The van der Waals surface area contributed by atoms with Gasteiger partial charge in [-0.3, -0.25) is 19.7 Å². The Morgan fingerprint density at radius 2 is 2.11 bits per heavy atom. The maximum absolute atomic E-state index is 12.5. The predicted octanol–water partition coefficient (Wildman–Crippen LogP) is 2.96. The molecule has 3 rings (SSSR count). The second kappa shape index (κ2) is 7.36. The van der Waals surface area contributed by atoms with Crippen LogP contribution in [0.1, 0.15) is 39.7 Å². The van der Waals surface area contributed by atoms with E-state index in [0.29, 0.717) is 21.9 Å². The minimum absolute atomic E-state index is 0.0151. The Kier molecular flexibility index (Phi) is 5.13. The van der Waals surface area contributed by atoms with Gasteiger partial charge in [-0.2, -0.15) is 0 Å². The molecule has 1 heterocycles. The Labute approximate surface area is 159 Å². The zero-order chi connectivity index (χ0) is 19.7. The molecule has 9 heteroatoms. The van der Waals surface area contributed by atoms with Crippen molar-refractivity contribution in [3.63, 3.8) is 0 Å². The first-order valence-electron chi connectivity index (χ1n) is 8.44. The summed E-state index contributed by atoms with van der Waals surface area (Å²) in [6.07, 6.45) is 1.79. The van der Waals surface area contributed by atoms with Crippen molar-refractivity contribution in [3.05, 3.63) is 49.9 Å². The van der Waals surface area contributed by atoms with Gasteiger partial charge in [0.25, 0.3) is 17.5 Å². The number of fused-ring (bicyclic) bond motifs is 1. The van der Waals surface area contributed by atoms with Crippen molar-refractivity contribution in [2.24, 2.45) is 5.73 Å². The number of thiophene rings is 1. The topological polar surface area (TPSA) is 125 Å². The lowest BCUT2D eigenvalue weighted by Gasteiger charge is -2.15. The molecule has 1 aromatic carbocycles. The lowest BCUT2D eigenvalue weighted by atomic mass is 10.1. The lowest BCUT2D eigenvalue weighted by Crippen LogP contribution is -2.30. The van der Waals surface area contributed by atoms with Crippen LogP contribution in [0.15, 0.2) is 18.2 Å². The normalized spacial score (nSPS) is 13.7. The SMILES string of the molecule is Cc1cc(O[C@@H](C)C(=O)Nc2sc3c(c2C(N)=O)CCC3)ccc1[N+](=O)[O-]. The number of primary amides is 1. The van der Waals surface area contributed by atoms with E-state index in [2.05, 4.69) is 5.32 Å². The molecular weight excluding hydrogens is 370 g/mol. The number of nitrogens with one attached hydrogen (secondary N) is 1. The number of amides is 2. The van der Waals surface area contributed by atoms with Crippen molar-refractivity contribution in [2.75, 3.05) is 5.32 Å². The number of ether oxygens (including phenoxy) is 1. The second-order valence-corrected chi connectivity index (χ2v) is 7.49. The smallest absolute Gasteiger partial charge is 0.272 e. The lowest BCUT2D eigenvalue weighted by molar-refractivity contribution is -0.385. The highest BCUT2D eigenvalue weighted by molar-refractivity contribution is 7.17. The molecule has 2 amide bonds. The molecule has 0 unspecified atom stereocenters. The molecule has 0 fully saturated rings. The standard InChI is InChI=1S/C18H19N3O5S/c1-9-8-11(6-7-13(9)21(24)25)26-10(2)17(23)20-18-15(16(19)22)12-4-3-5-14(12)27-18/h6-8,10H,3-5H2,1-2H3,(H2,19,22)(H,20,23)/t10-/m0/s1. The molecule has 2 aromatic rings. The van der Waals surface area contributed by atoms with Crippen molar-refractivity contribution in [1.29, 1.82) is 0 Å². The van der Waals surface area contributed by atoms with E-state index in [9.17, 15) is 19.7 Å². The summed E-state index contributed by atoms with van der Waals surface area (Å²) < 4.78 is 5.60. The fourth-order valence-corrected chi connectivity index (χ4v) is 4.43. The summed E-state index contributed by atoms with van der Waals surface area (Å²) in [7, 11) is 0. The fourth-order valence-electron chi connectivity index (χ4n) is 3.13. The van der Waals surface area contributed by atoms with E-state index in [4.69, 9.17) is 10.5 Å². The van der Waals surface area contributed by atoms with Gasteiger partial charge in [-0.15, -0.1) is 11.3 Å². The van der Waals surface area contributed by atoms with Crippen LogP contribution in [0.3, 0.4) is 0 Å². The Morgan fingerprint density at radius 3 is 2.74 bits per heavy atom. The summed E-state index contributed by atoms with van der Waals surface area (Å²) in [6.45, 7) is 3.17. The van der Waals surface area contributed by atoms with Gasteiger partial charge in [-0.05, 0) is 50.8 Å². The van der Waals surface area contributed by atoms with Crippen LogP contribution in [-0.2, 0) is 17.6 Å². The van der Waals surface area contributed by atoms with Crippen LogP contribution in [0.4, 0.5) is 10.7 Å². The van der Waals surface area contributed by atoms with Gasteiger partial charge in [0.2, 0.25) is 0 Å². The monoisotopic (exact) mass is 389 g/mol. The second-order valence-electron chi connectivity index (χ2n) is 6.38. The molecule has 3 N–H and O–H groups in total. The van der Waals surface area contributed by atoms with E-state index in [1.54, 1.807) is 13.8 Å². The highest BCUT2D eigenvalue weighted by Crippen LogP contribution is 2.39. The third kappa shape index (κ3) is 3.77. The van der Waals surface area contributed by atoms with E-state index in [1.165, 1.54) is 29.5 Å². The van der Waals surface area contributed by atoms with Crippen LogP contribution in [0.5, 0.6) is 5.75 Å². The van der Waals surface area contributed by atoms with Crippen LogP contribution >= 0.6 is 11.3 Å². The number of hydrogen-bond acceptors (Lipinski definition) is 6. The number of nitrogens with zero attached hydrogens (tertiary/aromatic N) is 1. The largest absolute Gasteiger partial charge is 0.481 e. The molecule has 1 aliphatic rings. The van der Waals surface area contributed by atoms with Crippen LogP contribution in [0.2, 0.25) is 0 Å². The fraction of sp³-hybridized carbons (Fsp3) is 0.333. The van der Waals surface area contributed by atoms with Gasteiger partial charge in [0.15, 0.2) is 6.10 Å². The molecular formula is C18H19N3O5S. The minimum atomic E-state index is -0.858. The number of anilines is 1. The van der Waals surface area contributed by atoms with Crippen LogP contribution in [0, 0.1) is 17.0 Å². The summed E-state index contributed by atoms with van der Waals surface area (Å²) >= 11 is 1.37. The quantitative estimate of drug-likeness (QED) is 0.580. The van der Waals surface area contributed by atoms with Crippen LogP contribution in [-0.4, -0.2) is 22.8 Å². The van der Waals surface area contributed by atoms with Gasteiger partial charge in [0.1, 0.15) is 10.8 Å². The van der Waals surface area contributed by atoms with Gasteiger partial charge in [0.05, 0.1) is 10.5 Å². The number of carbonyl (C=O) groups excluding carboxylic acids is 2. The van der Waals surface area contributed by atoms with Crippen molar-refractivity contribution in [3.8, 4) is 5.75 Å². The summed E-state index contributed by atoms with van der Waals surface area (Å²) in [6, 6.07) is 4.30. The van der Waals surface area contributed by atoms with Crippen molar-refractivity contribution in [1.82, 2.24) is 0 Å². The first-order chi connectivity index (χ1) is 12.8. The summed E-state index contributed by atoms with van der Waals surface area (Å²) in [5, 5.41) is 14.1. The molecule has 0 saturated carbocycles. The third-order valence-corrected chi connectivity index (χ3v) is 5.66. The number of nitro groups is 1. The zero-order valence-electron chi connectivity index (χ0n) is 14.9. The molecule has 1 aliphatic carbocycles. The third-order valence-electron chi connectivity index (χ3n) is 4.45. The van der Waals surface area contributed by atoms with Crippen molar-refractivity contribution < 1.29 is 19.2 Å². The number of carbonyl (C=O) groups is 2. The Bertz CT molecular complexity index is 937. The molecule has 1 aromatic heterocycles. The van der Waals surface area contributed by atoms with Crippen molar-refractivity contribution in [2.45, 2.75) is 39.2 Å². The predicted molar refractivity (Wildman–Crippen MR) is 101 cm³/mol. The van der Waals surface area contributed by atoms with E-state index in [1.807, 2.05) is 0 Å². The molecule has 0 bridgehead atoms. The minimum Gasteiger partial charge on any atom is -0.481 e. The van der Waals surface area contributed by atoms with Gasteiger partial charge < -0.3 is 15.8 Å². The van der Waals surface area contributed by atoms with Gasteiger partial charge in [-0.1, -0.05) is 0 Å². The van der Waals surface area contributed by atoms with E-state index >= 15 is 0 Å². The van der Waals surface area contributed by atoms with Gasteiger partial charge in [-0.25, -0.2) is 0 Å². The molecule has 27 heavy (non-hydrogen) atoms. The average molecular weight is 389 g/mol. The first-order valence-corrected chi connectivity index (χ1v) is 9.26. The maximum atomic E-state index is 12.5. The Hall–Kier alpha value is -2.94.